The molecule has 18 heavy (non-hydrogen) atoms. The Morgan fingerprint density at radius 3 is 2.94 bits per heavy atom. The molecule has 0 fully saturated rings. The van der Waals surface area contributed by atoms with E-state index in [4.69, 9.17) is 11.5 Å². The van der Waals surface area contributed by atoms with E-state index in [1.807, 2.05) is 0 Å². The number of carbonyl (C=O) groups excluding carboxylic acids is 1. The van der Waals surface area contributed by atoms with Crippen molar-refractivity contribution in [2.24, 2.45) is 0 Å². The molecule has 0 saturated heterocycles. The van der Waals surface area contributed by atoms with Crippen LogP contribution in [0.3, 0.4) is 0 Å². The van der Waals surface area contributed by atoms with Crippen LogP contribution in [0.4, 0.5) is 5.69 Å². The van der Waals surface area contributed by atoms with E-state index >= 15 is 0 Å². The maximum absolute atomic E-state index is 11.8. The average Bonchev–Trinajstić information content (AvgIpc) is 2.65. The first-order chi connectivity index (χ1) is 8.63. The second kappa shape index (κ2) is 4.92. The molecule has 0 saturated carbocycles. The van der Waals surface area contributed by atoms with Crippen LogP contribution in [0.15, 0.2) is 18.2 Å². The zero-order chi connectivity index (χ0) is 13.1. The number of amides is 1. The maximum atomic E-state index is 11.8. The van der Waals surface area contributed by atoms with Gasteiger partial charge in [-0.3, -0.25) is 4.79 Å². The molecule has 1 aliphatic heterocycles. The number of fused-ring (bicyclic) bond motifs is 1. The molecule has 0 atom stereocenters. The Morgan fingerprint density at radius 1 is 1.50 bits per heavy atom. The fourth-order valence-electron chi connectivity index (χ4n) is 2.10. The van der Waals surface area contributed by atoms with Crippen molar-refractivity contribution in [1.29, 1.82) is 0 Å². The van der Waals surface area contributed by atoms with Gasteiger partial charge in [-0.1, -0.05) is 0 Å². The summed E-state index contributed by atoms with van der Waals surface area (Å²) in [4.78, 5) is 24.4. The second-order valence-corrected chi connectivity index (χ2v) is 4.18. The fourth-order valence-corrected chi connectivity index (χ4v) is 2.10. The molecule has 1 aromatic rings. The number of carboxylic acids is 1. The standard InChI is InChI=1S/C14H13NO3/c1-2-3-4-7-15-12-6-5-10(14(17)18)8-11(12)9-13(15)16/h1,5-6,8H,3-4,7,9H2,(H,17,18). The second-order valence-electron chi connectivity index (χ2n) is 4.18. The van der Waals surface area contributed by atoms with Crippen LogP contribution in [-0.2, 0) is 11.2 Å². The predicted molar refractivity (Wildman–Crippen MR) is 67.5 cm³/mol. The summed E-state index contributed by atoms with van der Waals surface area (Å²) in [7, 11) is 0. The minimum atomic E-state index is -0.976. The molecule has 1 aromatic carbocycles. The summed E-state index contributed by atoms with van der Waals surface area (Å²) in [6, 6.07) is 4.78. The van der Waals surface area contributed by atoms with Crippen molar-refractivity contribution in [2.75, 3.05) is 11.4 Å². The predicted octanol–water partition coefficient (Wildman–Crippen LogP) is 1.69. The van der Waals surface area contributed by atoms with E-state index in [0.29, 0.717) is 13.0 Å². The van der Waals surface area contributed by atoms with Gasteiger partial charge in [0.25, 0.3) is 0 Å². The number of carbonyl (C=O) groups is 2. The Hall–Kier alpha value is -2.28. The highest BCUT2D eigenvalue weighted by molar-refractivity contribution is 6.02. The van der Waals surface area contributed by atoms with Crippen LogP contribution in [0, 0.1) is 12.3 Å². The number of aromatic carboxylic acids is 1. The minimum Gasteiger partial charge on any atom is -0.478 e. The third-order valence-electron chi connectivity index (χ3n) is 2.96. The van der Waals surface area contributed by atoms with Crippen LogP contribution >= 0.6 is 0 Å². The number of rotatable bonds is 4. The van der Waals surface area contributed by atoms with Gasteiger partial charge in [-0.2, -0.15) is 0 Å². The van der Waals surface area contributed by atoms with Crippen LogP contribution in [-0.4, -0.2) is 23.5 Å². The van der Waals surface area contributed by atoms with Gasteiger partial charge in [0.2, 0.25) is 5.91 Å². The Kier molecular flexibility index (Phi) is 3.33. The number of nitrogens with zero attached hydrogens (tertiary/aromatic N) is 1. The van der Waals surface area contributed by atoms with E-state index < -0.39 is 5.97 Å². The highest BCUT2D eigenvalue weighted by Gasteiger charge is 2.27. The molecule has 0 aliphatic carbocycles. The van der Waals surface area contributed by atoms with E-state index in [-0.39, 0.29) is 17.9 Å². The van der Waals surface area contributed by atoms with Crippen LogP contribution < -0.4 is 4.90 Å². The maximum Gasteiger partial charge on any atom is 0.335 e. The first kappa shape index (κ1) is 12.2. The molecule has 4 heteroatoms. The average molecular weight is 243 g/mol. The number of anilines is 1. The first-order valence-electron chi connectivity index (χ1n) is 5.73. The molecular weight excluding hydrogens is 230 g/mol. The van der Waals surface area contributed by atoms with Crippen molar-refractivity contribution in [2.45, 2.75) is 19.3 Å². The van der Waals surface area contributed by atoms with Crippen molar-refractivity contribution in [1.82, 2.24) is 0 Å². The van der Waals surface area contributed by atoms with Crippen molar-refractivity contribution >= 4 is 17.6 Å². The van der Waals surface area contributed by atoms with Crippen molar-refractivity contribution in [3.8, 4) is 12.3 Å². The summed E-state index contributed by atoms with van der Waals surface area (Å²) in [5, 5.41) is 8.90. The van der Waals surface area contributed by atoms with Gasteiger partial charge in [-0.25, -0.2) is 4.79 Å². The van der Waals surface area contributed by atoms with E-state index in [0.717, 1.165) is 17.7 Å². The van der Waals surface area contributed by atoms with E-state index in [1.54, 1.807) is 17.0 Å². The lowest BCUT2D eigenvalue weighted by Crippen LogP contribution is -2.27. The van der Waals surface area contributed by atoms with Gasteiger partial charge in [-0.15, -0.1) is 12.3 Å². The molecule has 1 heterocycles. The van der Waals surface area contributed by atoms with Gasteiger partial charge in [0, 0.05) is 18.7 Å². The molecule has 0 unspecified atom stereocenters. The number of hydrogen-bond acceptors (Lipinski definition) is 2. The molecule has 1 N–H and O–H groups in total. The lowest BCUT2D eigenvalue weighted by Gasteiger charge is -2.16. The molecule has 1 amide bonds. The van der Waals surface area contributed by atoms with Crippen molar-refractivity contribution in [3.05, 3.63) is 29.3 Å². The summed E-state index contributed by atoms with van der Waals surface area (Å²) in [5.74, 6) is 1.57. The molecule has 0 aromatic heterocycles. The van der Waals surface area contributed by atoms with Crippen LogP contribution in [0.2, 0.25) is 0 Å². The Labute approximate surface area is 105 Å². The van der Waals surface area contributed by atoms with Crippen LogP contribution in [0.5, 0.6) is 0 Å². The van der Waals surface area contributed by atoms with Crippen molar-refractivity contribution in [3.63, 3.8) is 0 Å². The largest absolute Gasteiger partial charge is 0.478 e. The molecule has 4 nitrogen and oxygen atoms in total. The zero-order valence-electron chi connectivity index (χ0n) is 9.85. The topological polar surface area (TPSA) is 57.6 Å². The molecular formula is C14H13NO3. The summed E-state index contributed by atoms with van der Waals surface area (Å²) in [6.45, 7) is 0.586. The molecule has 92 valence electrons. The lowest BCUT2D eigenvalue weighted by molar-refractivity contribution is -0.117. The Balaban J connectivity index is 2.22. The summed E-state index contributed by atoms with van der Waals surface area (Å²) in [6.07, 6.45) is 6.83. The fraction of sp³-hybridized carbons (Fsp3) is 0.286. The Bertz CT molecular complexity index is 542. The van der Waals surface area contributed by atoms with E-state index in [1.165, 1.54) is 6.07 Å². The van der Waals surface area contributed by atoms with E-state index in [9.17, 15) is 9.59 Å². The number of terminal acetylenes is 1. The number of benzene rings is 1. The smallest absolute Gasteiger partial charge is 0.335 e. The van der Waals surface area contributed by atoms with Gasteiger partial charge in [-0.05, 0) is 30.2 Å². The SMILES string of the molecule is C#CCCCN1C(=O)Cc2cc(C(=O)O)ccc21. The van der Waals surface area contributed by atoms with Crippen molar-refractivity contribution < 1.29 is 14.7 Å². The van der Waals surface area contributed by atoms with Crippen LogP contribution in [0.25, 0.3) is 0 Å². The lowest BCUT2D eigenvalue weighted by atomic mass is 10.1. The van der Waals surface area contributed by atoms with Gasteiger partial charge >= 0.3 is 5.97 Å². The molecule has 2 rings (SSSR count). The van der Waals surface area contributed by atoms with Gasteiger partial charge in [0.05, 0.1) is 12.0 Å². The van der Waals surface area contributed by atoms with E-state index in [2.05, 4.69) is 5.92 Å². The summed E-state index contributed by atoms with van der Waals surface area (Å²) < 4.78 is 0. The minimum absolute atomic E-state index is 0.00422. The van der Waals surface area contributed by atoms with Gasteiger partial charge < -0.3 is 10.0 Å². The van der Waals surface area contributed by atoms with Crippen LogP contribution in [0.1, 0.15) is 28.8 Å². The molecule has 1 aliphatic rings. The third kappa shape index (κ3) is 2.21. The molecule has 0 spiro atoms. The Morgan fingerprint density at radius 2 is 2.28 bits per heavy atom. The monoisotopic (exact) mass is 243 g/mol. The molecule has 0 bridgehead atoms. The highest BCUT2D eigenvalue weighted by atomic mass is 16.4. The first-order valence-corrected chi connectivity index (χ1v) is 5.73. The van der Waals surface area contributed by atoms with Gasteiger partial charge in [0.1, 0.15) is 0 Å². The normalized spacial score (nSPS) is 13.3. The van der Waals surface area contributed by atoms with Gasteiger partial charge in [0.15, 0.2) is 0 Å². The summed E-state index contributed by atoms with van der Waals surface area (Å²) in [5.41, 5.74) is 1.80. The zero-order valence-corrected chi connectivity index (χ0v) is 9.85. The summed E-state index contributed by atoms with van der Waals surface area (Å²) >= 11 is 0. The number of hydrogen-bond donors (Lipinski definition) is 1. The third-order valence-corrected chi connectivity index (χ3v) is 2.96. The molecule has 0 radical (unpaired) electrons. The quantitative estimate of drug-likeness (QED) is 0.646. The number of unbranched alkanes of at least 4 members (excludes halogenated alkanes) is 1. The number of carboxylic acid groups (broad SMARTS) is 1. The highest BCUT2D eigenvalue weighted by Crippen LogP contribution is 2.29.